The molecule has 3 aromatic rings. The van der Waals surface area contributed by atoms with Crippen LogP contribution < -0.4 is 0 Å². The summed E-state index contributed by atoms with van der Waals surface area (Å²) in [6.45, 7) is 6.39. The molecule has 32 heavy (non-hydrogen) atoms. The van der Waals surface area contributed by atoms with Crippen LogP contribution in [-0.2, 0) is 6.42 Å². The minimum atomic E-state index is 0.928. The summed E-state index contributed by atoms with van der Waals surface area (Å²) in [5, 5.41) is 0. The number of benzene rings is 3. The van der Waals surface area contributed by atoms with Crippen LogP contribution in [0.4, 0.5) is 5.69 Å². The van der Waals surface area contributed by atoms with Gasteiger partial charge in [-0.15, -0.1) is 0 Å². The Kier molecular flexibility index (Phi) is 7.09. The third-order valence-electron chi connectivity index (χ3n) is 5.77. The fraction of sp³-hybridized carbons (Fsp3) is 0.129. The molecule has 0 fully saturated rings. The Balaban J connectivity index is 1.61. The van der Waals surface area contributed by atoms with Crippen LogP contribution in [-0.4, -0.2) is 6.21 Å². The third kappa shape index (κ3) is 5.12. The average molecular weight is 416 g/mol. The second-order valence-electron chi connectivity index (χ2n) is 7.96. The minimum absolute atomic E-state index is 0.928. The van der Waals surface area contributed by atoms with Crippen LogP contribution in [0.3, 0.4) is 0 Å². The van der Waals surface area contributed by atoms with Gasteiger partial charge in [0.1, 0.15) is 0 Å². The highest BCUT2D eigenvalue weighted by Gasteiger charge is 2.13. The Labute approximate surface area is 191 Å². The summed E-state index contributed by atoms with van der Waals surface area (Å²) >= 11 is 0. The van der Waals surface area contributed by atoms with Gasteiger partial charge in [0.05, 0.1) is 5.69 Å². The molecular weight excluding hydrogens is 386 g/mol. The Morgan fingerprint density at radius 1 is 0.875 bits per heavy atom. The van der Waals surface area contributed by atoms with E-state index in [4.69, 9.17) is 0 Å². The molecule has 1 nitrogen and oxygen atoms in total. The molecule has 0 spiro atoms. The minimum Gasteiger partial charge on any atom is -0.257 e. The van der Waals surface area contributed by atoms with Gasteiger partial charge >= 0.3 is 0 Å². The lowest BCUT2D eigenvalue weighted by Gasteiger charge is -2.18. The van der Waals surface area contributed by atoms with E-state index in [1.165, 1.54) is 33.4 Å². The van der Waals surface area contributed by atoms with E-state index < -0.39 is 0 Å². The molecule has 1 aliphatic carbocycles. The highest BCUT2D eigenvalue weighted by molar-refractivity contribution is 5.91. The van der Waals surface area contributed by atoms with Crippen molar-refractivity contribution in [2.24, 2.45) is 4.99 Å². The van der Waals surface area contributed by atoms with Gasteiger partial charge in [-0.05, 0) is 83.4 Å². The van der Waals surface area contributed by atoms with E-state index in [2.05, 4.69) is 116 Å². The molecule has 158 valence electrons. The molecule has 0 saturated carbocycles. The Morgan fingerprint density at radius 2 is 1.66 bits per heavy atom. The van der Waals surface area contributed by atoms with Gasteiger partial charge in [-0.1, -0.05) is 91.5 Å². The molecule has 4 rings (SSSR count). The Morgan fingerprint density at radius 3 is 2.44 bits per heavy atom. The summed E-state index contributed by atoms with van der Waals surface area (Å²) in [5.41, 5.74) is 9.63. The highest BCUT2D eigenvalue weighted by Crippen LogP contribution is 2.31. The van der Waals surface area contributed by atoms with E-state index in [-0.39, 0.29) is 0 Å². The first-order valence-corrected chi connectivity index (χ1v) is 11.2. The fourth-order valence-corrected chi connectivity index (χ4v) is 4.11. The molecule has 0 amide bonds. The molecular formula is C31H29N. The van der Waals surface area contributed by atoms with Gasteiger partial charge in [0, 0.05) is 6.21 Å². The monoisotopic (exact) mass is 415 g/mol. The van der Waals surface area contributed by atoms with Gasteiger partial charge < -0.3 is 0 Å². The normalized spacial score (nSPS) is 15.5. The van der Waals surface area contributed by atoms with Crippen LogP contribution in [0.1, 0.15) is 36.5 Å². The van der Waals surface area contributed by atoms with Gasteiger partial charge in [0.25, 0.3) is 0 Å². The maximum atomic E-state index is 4.68. The summed E-state index contributed by atoms with van der Waals surface area (Å²) in [7, 11) is 0. The predicted octanol–water partition coefficient (Wildman–Crippen LogP) is 8.62. The van der Waals surface area contributed by atoms with Crippen molar-refractivity contribution in [1.82, 2.24) is 0 Å². The molecule has 1 heteroatoms. The Hall–Kier alpha value is -3.71. The average Bonchev–Trinajstić information content (AvgIpc) is 2.83. The van der Waals surface area contributed by atoms with E-state index in [1.807, 2.05) is 12.3 Å². The summed E-state index contributed by atoms with van der Waals surface area (Å²) in [4.78, 5) is 4.68. The second kappa shape index (κ2) is 10.5. The number of nitrogens with zero attached hydrogens (tertiary/aromatic N) is 1. The van der Waals surface area contributed by atoms with Crippen LogP contribution in [0, 0.1) is 0 Å². The molecule has 3 aromatic carbocycles. The smallest absolute Gasteiger partial charge is 0.0630 e. The lowest BCUT2D eigenvalue weighted by Crippen LogP contribution is -2.00. The van der Waals surface area contributed by atoms with Crippen molar-refractivity contribution >= 4 is 23.0 Å². The van der Waals surface area contributed by atoms with Crippen molar-refractivity contribution < 1.29 is 0 Å². The Bertz CT molecular complexity index is 1190. The standard InChI is InChI=1S/C31H29N/c1-3-11-27(30-17-10-16-29-24(2)12-6-4-9-15-31(29)30)22-23-32-28-20-18-26(19-21-28)25-13-7-5-8-14-25/h3-5,7-11,13-14,16-23H,2,6,12,15H2,1H3/b9-4-,11-3-,27-22+,32-23?. The largest absolute Gasteiger partial charge is 0.257 e. The molecule has 0 unspecified atom stereocenters. The highest BCUT2D eigenvalue weighted by atomic mass is 14.7. The number of fused-ring (bicyclic) bond motifs is 1. The SMILES string of the molecule is C=C1CC/C=C\Cc2c1cccc2C(/C=C\C)=C/C=Nc1ccc(-c2ccccc2)cc1. The lowest BCUT2D eigenvalue weighted by atomic mass is 9.87. The van der Waals surface area contributed by atoms with Gasteiger partial charge in [-0.25, -0.2) is 0 Å². The van der Waals surface area contributed by atoms with Gasteiger partial charge in [-0.3, -0.25) is 4.99 Å². The molecule has 0 bridgehead atoms. The third-order valence-corrected chi connectivity index (χ3v) is 5.77. The number of allylic oxidation sites excluding steroid dienone is 7. The first-order chi connectivity index (χ1) is 15.8. The van der Waals surface area contributed by atoms with Crippen LogP contribution in [0.15, 0.2) is 115 Å². The van der Waals surface area contributed by atoms with Crippen molar-refractivity contribution in [3.63, 3.8) is 0 Å². The fourth-order valence-electron chi connectivity index (χ4n) is 4.11. The van der Waals surface area contributed by atoms with E-state index in [9.17, 15) is 0 Å². The van der Waals surface area contributed by atoms with Crippen LogP contribution in [0.25, 0.3) is 22.3 Å². The van der Waals surface area contributed by atoms with E-state index >= 15 is 0 Å². The zero-order valence-corrected chi connectivity index (χ0v) is 18.7. The van der Waals surface area contributed by atoms with E-state index in [1.54, 1.807) is 0 Å². The first-order valence-electron chi connectivity index (χ1n) is 11.2. The van der Waals surface area contributed by atoms with Gasteiger partial charge in [0.15, 0.2) is 0 Å². The number of rotatable bonds is 5. The van der Waals surface area contributed by atoms with Crippen LogP contribution >= 0.6 is 0 Å². The zero-order valence-electron chi connectivity index (χ0n) is 18.7. The molecule has 0 atom stereocenters. The summed E-state index contributed by atoms with van der Waals surface area (Å²) in [6.07, 6.45) is 15.8. The van der Waals surface area contributed by atoms with Crippen molar-refractivity contribution in [2.75, 3.05) is 0 Å². The van der Waals surface area contributed by atoms with Crippen molar-refractivity contribution in [2.45, 2.75) is 26.2 Å². The zero-order chi connectivity index (χ0) is 22.2. The summed E-state index contributed by atoms with van der Waals surface area (Å²) in [5.74, 6) is 0. The predicted molar refractivity (Wildman–Crippen MR) is 140 cm³/mol. The number of aliphatic imine (C=N–C) groups is 1. The molecule has 0 aliphatic heterocycles. The molecule has 1 aliphatic rings. The molecule has 0 aromatic heterocycles. The van der Waals surface area contributed by atoms with E-state index in [0.29, 0.717) is 0 Å². The molecule has 0 heterocycles. The van der Waals surface area contributed by atoms with Crippen LogP contribution in [0.2, 0.25) is 0 Å². The molecule has 0 saturated heterocycles. The number of hydrogen-bond acceptors (Lipinski definition) is 1. The lowest BCUT2D eigenvalue weighted by molar-refractivity contribution is 1.03. The van der Waals surface area contributed by atoms with Crippen molar-refractivity contribution in [3.05, 3.63) is 126 Å². The van der Waals surface area contributed by atoms with Crippen molar-refractivity contribution in [3.8, 4) is 11.1 Å². The van der Waals surface area contributed by atoms with E-state index in [0.717, 1.165) is 30.5 Å². The number of hydrogen-bond donors (Lipinski definition) is 0. The van der Waals surface area contributed by atoms with Gasteiger partial charge in [0.2, 0.25) is 0 Å². The maximum Gasteiger partial charge on any atom is 0.0630 e. The van der Waals surface area contributed by atoms with Crippen LogP contribution in [0.5, 0.6) is 0 Å². The van der Waals surface area contributed by atoms with Crippen molar-refractivity contribution in [1.29, 1.82) is 0 Å². The topological polar surface area (TPSA) is 12.4 Å². The summed E-state index contributed by atoms with van der Waals surface area (Å²) < 4.78 is 0. The molecule has 0 radical (unpaired) electrons. The first kappa shape index (κ1) is 21.5. The maximum absolute atomic E-state index is 4.68. The molecule has 0 N–H and O–H groups in total. The van der Waals surface area contributed by atoms with Gasteiger partial charge in [-0.2, -0.15) is 0 Å². The second-order valence-corrected chi connectivity index (χ2v) is 7.96. The summed E-state index contributed by atoms with van der Waals surface area (Å²) in [6, 6.07) is 25.3. The quantitative estimate of drug-likeness (QED) is 0.225.